The molecule has 2 aromatic heterocycles. The zero-order valence-corrected chi connectivity index (χ0v) is 11.8. The second kappa shape index (κ2) is 4.81. The van der Waals surface area contributed by atoms with Crippen molar-refractivity contribution in [1.82, 2.24) is 20.3 Å². The Bertz CT molecular complexity index is 574. The largest absolute Gasteiger partial charge is 0.363 e. The Kier molecular flexibility index (Phi) is 3.14. The molecule has 3 heterocycles. The number of hydrogen-bond acceptors (Lipinski definition) is 4. The molecule has 19 heavy (non-hydrogen) atoms. The van der Waals surface area contributed by atoms with Crippen LogP contribution >= 0.6 is 0 Å². The molecule has 0 aromatic carbocycles. The predicted molar refractivity (Wildman–Crippen MR) is 77.4 cm³/mol. The number of H-pyrrole nitrogens is 1. The smallest absolute Gasteiger partial charge is 0.179 e. The molecule has 3 rings (SSSR count). The number of piperidine rings is 1. The van der Waals surface area contributed by atoms with Crippen LogP contribution in [-0.4, -0.2) is 35.6 Å². The fraction of sp³-hybridized carbons (Fsp3) is 0.571. The fourth-order valence-corrected chi connectivity index (χ4v) is 2.63. The molecule has 2 atom stereocenters. The van der Waals surface area contributed by atoms with Crippen molar-refractivity contribution in [3.63, 3.8) is 0 Å². The van der Waals surface area contributed by atoms with E-state index in [4.69, 9.17) is 0 Å². The average molecular weight is 259 g/mol. The number of anilines is 1. The highest BCUT2D eigenvalue weighted by molar-refractivity contribution is 5.73. The number of imidazole rings is 1. The molecule has 5 nitrogen and oxygen atoms in total. The van der Waals surface area contributed by atoms with Gasteiger partial charge in [-0.2, -0.15) is 0 Å². The van der Waals surface area contributed by atoms with Crippen LogP contribution in [0.25, 0.3) is 11.2 Å². The minimum absolute atomic E-state index is 0.334. The number of fused-ring (bicyclic) bond motifs is 1. The van der Waals surface area contributed by atoms with Gasteiger partial charge >= 0.3 is 0 Å². The maximum absolute atomic E-state index is 4.66. The molecule has 1 aliphatic heterocycles. The lowest BCUT2D eigenvalue weighted by molar-refractivity contribution is 0.317. The SMILES string of the molecule is CC1CCNC(c2nc3nc(N(C)C)ccc3[nH]2)C1. The molecule has 5 heteroatoms. The summed E-state index contributed by atoms with van der Waals surface area (Å²) >= 11 is 0. The summed E-state index contributed by atoms with van der Waals surface area (Å²) in [5.41, 5.74) is 1.82. The zero-order chi connectivity index (χ0) is 13.4. The summed E-state index contributed by atoms with van der Waals surface area (Å²) in [6, 6.07) is 4.41. The molecule has 0 bridgehead atoms. The second-order valence-electron chi connectivity index (χ2n) is 5.69. The van der Waals surface area contributed by atoms with Crippen molar-refractivity contribution >= 4 is 17.0 Å². The normalized spacial score (nSPS) is 23.7. The number of hydrogen-bond donors (Lipinski definition) is 2. The van der Waals surface area contributed by atoms with Crippen LogP contribution in [0.2, 0.25) is 0 Å². The van der Waals surface area contributed by atoms with Crippen molar-refractivity contribution in [3.8, 4) is 0 Å². The summed E-state index contributed by atoms with van der Waals surface area (Å²) in [6.07, 6.45) is 2.39. The number of aromatic nitrogens is 3. The van der Waals surface area contributed by atoms with Gasteiger partial charge in [-0.15, -0.1) is 0 Å². The third kappa shape index (κ3) is 2.42. The molecule has 0 aliphatic carbocycles. The molecule has 1 fully saturated rings. The average Bonchev–Trinajstić information content (AvgIpc) is 2.81. The van der Waals surface area contributed by atoms with Crippen LogP contribution in [0.3, 0.4) is 0 Å². The quantitative estimate of drug-likeness (QED) is 0.867. The first kappa shape index (κ1) is 12.4. The molecule has 2 N–H and O–H groups in total. The number of pyridine rings is 1. The molecule has 0 radical (unpaired) electrons. The van der Waals surface area contributed by atoms with E-state index in [0.29, 0.717) is 6.04 Å². The summed E-state index contributed by atoms with van der Waals surface area (Å²) < 4.78 is 0. The molecule has 2 aromatic rings. The first-order valence-electron chi connectivity index (χ1n) is 6.91. The van der Waals surface area contributed by atoms with Gasteiger partial charge in [-0.05, 0) is 37.4 Å². The molecule has 102 valence electrons. The molecular weight excluding hydrogens is 238 g/mol. The Morgan fingerprint density at radius 1 is 1.26 bits per heavy atom. The van der Waals surface area contributed by atoms with E-state index in [2.05, 4.69) is 33.3 Å². The number of aromatic amines is 1. The number of rotatable bonds is 2. The maximum Gasteiger partial charge on any atom is 0.179 e. The maximum atomic E-state index is 4.66. The summed E-state index contributed by atoms with van der Waals surface area (Å²) in [5, 5.41) is 3.53. The highest BCUT2D eigenvalue weighted by Crippen LogP contribution is 2.26. The van der Waals surface area contributed by atoms with Crippen LogP contribution in [0.4, 0.5) is 5.82 Å². The van der Waals surface area contributed by atoms with E-state index in [1.54, 1.807) is 0 Å². The van der Waals surface area contributed by atoms with E-state index in [-0.39, 0.29) is 0 Å². The van der Waals surface area contributed by atoms with Gasteiger partial charge in [-0.1, -0.05) is 6.92 Å². The van der Waals surface area contributed by atoms with E-state index in [9.17, 15) is 0 Å². The van der Waals surface area contributed by atoms with E-state index in [1.165, 1.54) is 6.42 Å². The summed E-state index contributed by atoms with van der Waals surface area (Å²) in [5.74, 6) is 2.71. The Labute approximate surface area is 113 Å². The van der Waals surface area contributed by atoms with Gasteiger partial charge < -0.3 is 15.2 Å². The highest BCUT2D eigenvalue weighted by atomic mass is 15.2. The molecule has 1 aliphatic rings. The van der Waals surface area contributed by atoms with Gasteiger partial charge in [0.05, 0.1) is 11.6 Å². The van der Waals surface area contributed by atoms with Crippen LogP contribution in [-0.2, 0) is 0 Å². The number of nitrogens with zero attached hydrogens (tertiary/aromatic N) is 3. The molecule has 1 saturated heterocycles. The summed E-state index contributed by atoms with van der Waals surface area (Å²) in [4.78, 5) is 14.6. The lowest BCUT2D eigenvalue weighted by Gasteiger charge is -2.26. The molecular formula is C14H21N5. The Balaban J connectivity index is 1.92. The van der Waals surface area contributed by atoms with E-state index in [0.717, 1.165) is 41.7 Å². The van der Waals surface area contributed by atoms with Crippen molar-refractivity contribution < 1.29 is 0 Å². The first-order chi connectivity index (χ1) is 9.13. The minimum Gasteiger partial charge on any atom is -0.363 e. The molecule has 0 amide bonds. The van der Waals surface area contributed by atoms with E-state index in [1.807, 2.05) is 25.1 Å². The standard InChI is InChI=1S/C14H21N5/c1-9-6-7-15-11(8-9)14-16-10-4-5-12(19(2)3)17-13(10)18-14/h4-5,9,11,15H,6-8H2,1-3H3,(H,16,17,18). The van der Waals surface area contributed by atoms with Crippen LogP contribution in [0, 0.1) is 5.92 Å². The lowest BCUT2D eigenvalue weighted by Crippen LogP contribution is -2.31. The fourth-order valence-electron chi connectivity index (χ4n) is 2.63. The van der Waals surface area contributed by atoms with Gasteiger partial charge in [0.15, 0.2) is 5.65 Å². The van der Waals surface area contributed by atoms with Gasteiger partial charge in [-0.3, -0.25) is 0 Å². The van der Waals surface area contributed by atoms with Gasteiger partial charge in [-0.25, -0.2) is 9.97 Å². The van der Waals surface area contributed by atoms with Gasteiger partial charge in [0.2, 0.25) is 0 Å². The third-order valence-corrected chi connectivity index (χ3v) is 3.80. The summed E-state index contributed by atoms with van der Waals surface area (Å²) in [7, 11) is 3.98. The van der Waals surface area contributed by atoms with Crippen LogP contribution in [0.1, 0.15) is 31.6 Å². The van der Waals surface area contributed by atoms with Crippen LogP contribution < -0.4 is 10.2 Å². The predicted octanol–water partition coefficient (Wildman–Crippen LogP) is 2.08. The Hall–Kier alpha value is -1.62. The van der Waals surface area contributed by atoms with Crippen LogP contribution in [0.15, 0.2) is 12.1 Å². The summed E-state index contributed by atoms with van der Waals surface area (Å²) in [6.45, 7) is 3.37. The zero-order valence-electron chi connectivity index (χ0n) is 11.8. The highest BCUT2D eigenvalue weighted by Gasteiger charge is 2.22. The molecule has 0 spiro atoms. The van der Waals surface area contributed by atoms with Crippen molar-refractivity contribution in [1.29, 1.82) is 0 Å². The van der Waals surface area contributed by atoms with Gasteiger partial charge in [0.25, 0.3) is 0 Å². The number of nitrogens with one attached hydrogen (secondary N) is 2. The van der Waals surface area contributed by atoms with Crippen LogP contribution in [0.5, 0.6) is 0 Å². The van der Waals surface area contributed by atoms with E-state index >= 15 is 0 Å². The monoisotopic (exact) mass is 259 g/mol. The third-order valence-electron chi connectivity index (χ3n) is 3.80. The first-order valence-corrected chi connectivity index (χ1v) is 6.91. The van der Waals surface area contributed by atoms with Gasteiger partial charge in [0.1, 0.15) is 11.6 Å². The Morgan fingerprint density at radius 2 is 2.11 bits per heavy atom. The van der Waals surface area contributed by atoms with Crippen molar-refractivity contribution in [2.75, 3.05) is 25.5 Å². The van der Waals surface area contributed by atoms with Crippen molar-refractivity contribution in [3.05, 3.63) is 18.0 Å². The van der Waals surface area contributed by atoms with E-state index < -0.39 is 0 Å². The second-order valence-corrected chi connectivity index (χ2v) is 5.69. The molecule has 2 unspecified atom stereocenters. The van der Waals surface area contributed by atoms with Crippen molar-refractivity contribution in [2.24, 2.45) is 5.92 Å². The van der Waals surface area contributed by atoms with Crippen molar-refractivity contribution in [2.45, 2.75) is 25.8 Å². The molecule has 0 saturated carbocycles. The minimum atomic E-state index is 0.334. The Morgan fingerprint density at radius 3 is 2.84 bits per heavy atom. The topological polar surface area (TPSA) is 56.8 Å². The lowest BCUT2D eigenvalue weighted by atomic mass is 9.94. The van der Waals surface area contributed by atoms with Gasteiger partial charge in [0, 0.05) is 14.1 Å².